The highest BCUT2D eigenvalue weighted by atomic mass is 32.2. The number of hydrogen-bond donors (Lipinski definition) is 2. The van der Waals surface area contributed by atoms with Crippen LogP contribution in [-0.2, 0) is 10.0 Å². The number of sulfonamides is 1. The summed E-state index contributed by atoms with van der Waals surface area (Å²) >= 11 is 0. The van der Waals surface area contributed by atoms with Gasteiger partial charge in [-0.3, -0.25) is 0 Å². The minimum atomic E-state index is -4.35. The van der Waals surface area contributed by atoms with Gasteiger partial charge in [-0.2, -0.15) is 4.72 Å². The predicted octanol–water partition coefficient (Wildman–Crippen LogP) is 0.847. The molecule has 0 saturated heterocycles. The molecule has 1 aromatic carbocycles. The Morgan fingerprint density at radius 2 is 1.88 bits per heavy atom. The minimum absolute atomic E-state index is 0.205. The monoisotopic (exact) mass is 260 g/mol. The van der Waals surface area contributed by atoms with E-state index in [1.165, 1.54) is 6.92 Å². The van der Waals surface area contributed by atoms with Crippen LogP contribution in [0.1, 0.15) is 6.92 Å². The molecule has 0 aromatic heterocycles. The maximum Gasteiger partial charge on any atom is 0.247 e. The van der Waals surface area contributed by atoms with Crippen LogP contribution in [-0.4, -0.2) is 14.5 Å². The number of benzene rings is 1. The molecule has 0 heterocycles. The van der Waals surface area contributed by atoms with Crippen molar-refractivity contribution in [3.05, 3.63) is 23.8 Å². The second kappa shape index (κ2) is 4.69. The highest BCUT2D eigenvalue weighted by Gasteiger charge is 2.25. The first kappa shape index (κ1) is 13.4. The third kappa shape index (κ3) is 2.93. The maximum atomic E-state index is 13.4. The smallest absolute Gasteiger partial charge is 0.247 e. The first-order valence-electron chi connectivity index (χ1n) is 4.51. The molecular formula is C10H10F2N2O2S. The van der Waals surface area contributed by atoms with Crippen molar-refractivity contribution in [1.29, 1.82) is 0 Å². The molecule has 3 N–H and O–H groups in total. The fraction of sp³-hybridized carbons (Fsp3) is 0.200. The second-order valence-corrected chi connectivity index (χ2v) is 4.97. The average molecular weight is 260 g/mol. The van der Waals surface area contributed by atoms with Crippen LogP contribution in [0.2, 0.25) is 0 Å². The summed E-state index contributed by atoms with van der Waals surface area (Å²) in [5.74, 6) is -0.448. The Morgan fingerprint density at radius 1 is 1.41 bits per heavy atom. The number of hydrogen-bond acceptors (Lipinski definition) is 3. The molecule has 0 radical (unpaired) electrons. The molecule has 0 spiro atoms. The lowest BCUT2D eigenvalue weighted by Gasteiger charge is -2.10. The molecule has 92 valence electrons. The van der Waals surface area contributed by atoms with Gasteiger partial charge in [-0.05, 0) is 19.1 Å². The van der Waals surface area contributed by atoms with Crippen molar-refractivity contribution in [2.24, 2.45) is 0 Å². The molecule has 1 unspecified atom stereocenters. The lowest BCUT2D eigenvalue weighted by molar-refractivity contribution is 0.513. The zero-order valence-corrected chi connectivity index (χ0v) is 9.68. The van der Waals surface area contributed by atoms with Gasteiger partial charge in [0, 0.05) is 5.69 Å². The lowest BCUT2D eigenvalue weighted by Crippen LogP contribution is -2.32. The summed E-state index contributed by atoms with van der Waals surface area (Å²) in [4.78, 5) is -1.09. The topological polar surface area (TPSA) is 72.2 Å². The van der Waals surface area contributed by atoms with E-state index in [1.54, 1.807) is 0 Å². The largest absolute Gasteiger partial charge is 0.399 e. The minimum Gasteiger partial charge on any atom is -0.399 e. The van der Waals surface area contributed by atoms with Crippen molar-refractivity contribution in [2.75, 3.05) is 5.73 Å². The molecule has 1 atom stereocenters. The third-order valence-electron chi connectivity index (χ3n) is 1.87. The summed E-state index contributed by atoms with van der Waals surface area (Å²) in [6.07, 6.45) is 4.97. The molecule has 0 fully saturated rings. The van der Waals surface area contributed by atoms with E-state index in [-0.39, 0.29) is 5.69 Å². The van der Waals surface area contributed by atoms with Crippen LogP contribution in [0.5, 0.6) is 0 Å². The first-order valence-corrected chi connectivity index (χ1v) is 5.99. The van der Waals surface area contributed by atoms with Crippen molar-refractivity contribution in [2.45, 2.75) is 17.9 Å². The Balaban J connectivity index is 3.31. The standard InChI is InChI=1S/C10H10F2N2O2S/c1-3-6(2)14-17(15,16)10-8(11)4-7(13)5-9(10)12/h1,4-6,14H,13H2,2H3. The fourth-order valence-electron chi connectivity index (χ4n) is 1.16. The second-order valence-electron chi connectivity index (χ2n) is 3.32. The number of rotatable bonds is 3. The Kier molecular flexibility index (Phi) is 3.70. The summed E-state index contributed by atoms with van der Waals surface area (Å²) < 4.78 is 51.9. The van der Waals surface area contributed by atoms with Gasteiger partial charge in [-0.25, -0.2) is 17.2 Å². The highest BCUT2D eigenvalue weighted by molar-refractivity contribution is 7.89. The van der Waals surface area contributed by atoms with E-state index < -0.39 is 32.6 Å². The number of nitrogens with two attached hydrogens (primary N) is 1. The van der Waals surface area contributed by atoms with E-state index in [2.05, 4.69) is 5.92 Å². The molecule has 17 heavy (non-hydrogen) atoms. The molecule has 1 aromatic rings. The van der Waals surface area contributed by atoms with Crippen molar-refractivity contribution in [3.8, 4) is 12.3 Å². The maximum absolute atomic E-state index is 13.4. The SMILES string of the molecule is C#CC(C)NS(=O)(=O)c1c(F)cc(N)cc1F. The van der Waals surface area contributed by atoms with Gasteiger partial charge in [-0.1, -0.05) is 5.92 Å². The van der Waals surface area contributed by atoms with Crippen LogP contribution in [0.4, 0.5) is 14.5 Å². The first-order chi connectivity index (χ1) is 7.77. The van der Waals surface area contributed by atoms with Gasteiger partial charge in [0.2, 0.25) is 10.0 Å². The normalized spacial score (nSPS) is 13.1. The third-order valence-corrected chi connectivity index (χ3v) is 3.46. The van der Waals surface area contributed by atoms with Gasteiger partial charge in [-0.15, -0.1) is 6.42 Å². The van der Waals surface area contributed by atoms with Gasteiger partial charge < -0.3 is 5.73 Å². The molecular weight excluding hydrogens is 250 g/mol. The number of halogens is 2. The van der Waals surface area contributed by atoms with Crippen molar-refractivity contribution < 1.29 is 17.2 Å². The summed E-state index contributed by atoms with van der Waals surface area (Å²) in [5, 5.41) is 0. The van der Waals surface area contributed by atoms with E-state index in [1.807, 2.05) is 4.72 Å². The summed E-state index contributed by atoms with van der Waals surface area (Å²) in [5.41, 5.74) is 4.97. The molecule has 0 aliphatic carbocycles. The van der Waals surface area contributed by atoms with E-state index in [0.717, 1.165) is 12.1 Å². The summed E-state index contributed by atoms with van der Waals surface area (Å²) in [6, 6.07) is 0.562. The Bertz CT molecular complexity index is 555. The number of anilines is 1. The number of nitrogen functional groups attached to an aromatic ring is 1. The molecule has 1 rings (SSSR count). The highest BCUT2D eigenvalue weighted by Crippen LogP contribution is 2.21. The fourth-order valence-corrected chi connectivity index (χ4v) is 2.44. The van der Waals surface area contributed by atoms with E-state index >= 15 is 0 Å². The Labute approximate surface area is 97.9 Å². The van der Waals surface area contributed by atoms with E-state index in [9.17, 15) is 17.2 Å². The predicted molar refractivity (Wildman–Crippen MR) is 59.4 cm³/mol. The van der Waals surface area contributed by atoms with Crippen LogP contribution in [0.15, 0.2) is 17.0 Å². The lowest BCUT2D eigenvalue weighted by atomic mass is 10.3. The Hall–Kier alpha value is -1.65. The zero-order valence-electron chi connectivity index (χ0n) is 8.87. The molecule has 7 heteroatoms. The van der Waals surface area contributed by atoms with Crippen LogP contribution >= 0.6 is 0 Å². The molecule has 0 aliphatic heterocycles. The summed E-state index contributed by atoms with van der Waals surface area (Å²) in [7, 11) is -4.35. The van der Waals surface area contributed by atoms with Crippen molar-refractivity contribution >= 4 is 15.7 Å². The quantitative estimate of drug-likeness (QED) is 0.625. The summed E-state index contributed by atoms with van der Waals surface area (Å²) in [6.45, 7) is 1.37. The van der Waals surface area contributed by atoms with Gasteiger partial charge >= 0.3 is 0 Å². The van der Waals surface area contributed by atoms with E-state index in [0.29, 0.717) is 0 Å². The van der Waals surface area contributed by atoms with Crippen LogP contribution in [0.25, 0.3) is 0 Å². The van der Waals surface area contributed by atoms with Gasteiger partial charge in [0.25, 0.3) is 0 Å². The van der Waals surface area contributed by atoms with Crippen LogP contribution in [0.3, 0.4) is 0 Å². The van der Waals surface area contributed by atoms with Crippen molar-refractivity contribution in [1.82, 2.24) is 4.72 Å². The van der Waals surface area contributed by atoms with Crippen molar-refractivity contribution in [3.63, 3.8) is 0 Å². The zero-order chi connectivity index (χ0) is 13.2. The molecule has 0 saturated carbocycles. The average Bonchev–Trinajstić information content (AvgIpc) is 2.14. The van der Waals surface area contributed by atoms with Gasteiger partial charge in [0.15, 0.2) is 4.90 Å². The van der Waals surface area contributed by atoms with E-state index in [4.69, 9.17) is 12.2 Å². The van der Waals surface area contributed by atoms with Gasteiger partial charge in [0.1, 0.15) is 11.6 Å². The molecule has 0 amide bonds. The molecule has 0 bridgehead atoms. The molecule has 4 nitrogen and oxygen atoms in total. The number of nitrogens with one attached hydrogen (secondary N) is 1. The molecule has 0 aliphatic rings. The van der Waals surface area contributed by atoms with Crippen LogP contribution in [0, 0.1) is 24.0 Å². The van der Waals surface area contributed by atoms with Gasteiger partial charge in [0.05, 0.1) is 6.04 Å². The van der Waals surface area contributed by atoms with Crippen LogP contribution < -0.4 is 10.5 Å². The number of terminal acetylenes is 1. The Morgan fingerprint density at radius 3 is 2.29 bits per heavy atom.